The van der Waals surface area contributed by atoms with E-state index in [-0.39, 0.29) is 17.9 Å². The van der Waals surface area contributed by atoms with Gasteiger partial charge >= 0.3 is 0 Å². The van der Waals surface area contributed by atoms with Crippen LogP contribution in [0.25, 0.3) is 11.5 Å². The van der Waals surface area contributed by atoms with Gasteiger partial charge in [0.25, 0.3) is 0 Å². The molecule has 2 aromatic heterocycles. The second-order valence-corrected chi connectivity index (χ2v) is 9.50. The molecule has 184 valence electrons. The summed E-state index contributed by atoms with van der Waals surface area (Å²) in [5.74, 6) is 4.15. The van der Waals surface area contributed by atoms with Crippen LogP contribution in [-0.2, 0) is 4.74 Å². The molecule has 3 aliphatic rings. The molecule has 9 heteroatoms. The van der Waals surface area contributed by atoms with E-state index in [0.717, 1.165) is 66.5 Å². The number of rotatable bonds is 3. The normalized spacial score (nSPS) is 24.5. The Labute approximate surface area is 210 Å². The van der Waals surface area contributed by atoms with E-state index < -0.39 is 0 Å². The molecule has 1 saturated carbocycles. The predicted octanol–water partition coefficient (Wildman–Crippen LogP) is 3.83. The maximum absolute atomic E-state index is 5.63. The van der Waals surface area contributed by atoms with Crippen molar-refractivity contribution in [3.63, 3.8) is 0 Å². The fourth-order valence-electron chi connectivity index (χ4n) is 5.32. The Morgan fingerprint density at radius 3 is 2.44 bits per heavy atom. The second-order valence-electron chi connectivity index (χ2n) is 9.50. The van der Waals surface area contributed by atoms with E-state index in [1.54, 1.807) is 6.92 Å². The highest BCUT2D eigenvalue weighted by Gasteiger charge is 2.38. The third-order valence-electron chi connectivity index (χ3n) is 7.18. The number of hydrogen-bond acceptors (Lipinski definition) is 9. The highest BCUT2D eigenvalue weighted by Crippen LogP contribution is 2.40. The van der Waals surface area contributed by atoms with Gasteiger partial charge in [0, 0.05) is 55.4 Å². The van der Waals surface area contributed by atoms with Gasteiger partial charge in [-0.3, -0.25) is 4.99 Å². The van der Waals surface area contributed by atoms with Crippen LogP contribution in [0.5, 0.6) is 0 Å². The summed E-state index contributed by atoms with van der Waals surface area (Å²) in [5, 5.41) is 8.05. The lowest BCUT2D eigenvalue weighted by Crippen LogP contribution is -2.48. The Morgan fingerprint density at radius 1 is 0.972 bits per heavy atom. The van der Waals surface area contributed by atoms with E-state index in [2.05, 4.69) is 31.6 Å². The van der Waals surface area contributed by atoms with Crippen molar-refractivity contribution in [1.29, 1.82) is 0 Å². The van der Waals surface area contributed by atoms with Crippen LogP contribution < -0.4 is 0 Å². The van der Waals surface area contributed by atoms with Crippen LogP contribution in [0.3, 0.4) is 0 Å². The molecule has 3 atom stereocenters. The van der Waals surface area contributed by atoms with Gasteiger partial charge < -0.3 is 14.1 Å². The molecule has 1 aliphatic carbocycles. The summed E-state index contributed by atoms with van der Waals surface area (Å²) in [4.78, 5) is 21.8. The lowest BCUT2D eigenvalue weighted by Gasteiger charge is -2.37. The SMILES string of the molecule is C=C1CC2N=C(c3ccc(-c4nnc(C)o4)cc3)N=C(N3CCOCC3)C2CCC1c1ncccn1. The average Bonchev–Trinajstić information content (AvgIpc) is 3.28. The van der Waals surface area contributed by atoms with Gasteiger partial charge in [-0.15, -0.1) is 10.2 Å². The first kappa shape index (κ1) is 22.7. The van der Waals surface area contributed by atoms with Gasteiger partial charge in [-0.05, 0) is 37.5 Å². The van der Waals surface area contributed by atoms with Gasteiger partial charge in [0.2, 0.25) is 11.8 Å². The van der Waals surface area contributed by atoms with E-state index in [4.69, 9.17) is 19.1 Å². The van der Waals surface area contributed by atoms with E-state index >= 15 is 0 Å². The number of morpholine rings is 1. The minimum Gasteiger partial charge on any atom is -0.421 e. The molecular weight excluding hydrogens is 454 g/mol. The number of nitrogens with zero attached hydrogens (tertiary/aromatic N) is 7. The molecule has 6 rings (SSSR count). The van der Waals surface area contributed by atoms with Crippen LogP contribution in [0.2, 0.25) is 0 Å². The zero-order valence-corrected chi connectivity index (χ0v) is 20.4. The summed E-state index contributed by atoms with van der Waals surface area (Å²) in [6.07, 6.45) is 6.32. The molecule has 0 bridgehead atoms. The third-order valence-corrected chi connectivity index (χ3v) is 7.18. The van der Waals surface area contributed by atoms with Crippen LogP contribution in [0, 0.1) is 12.8 Å². The second kappa shape index (κ2) is 9.73. The molecule has 2 aliphatic heterocycles. The van der Waals surface area contributed by atoms with Crippen molar-refractivity contribution in [2.45, 2.75) is 38.1 Å². The molecule has 4 heterocycles. The topological polar surface area (TPSA) is 102 Å². The maximum atomic E-state index is 5.63. The monoisotopic (exact) mass is 483 g/mol. The molecule has 9 nitrogen and oxygen atoms in total. The van der Waals surface area contributed by atoms with E-state index in [1.807, 2.05) is 42.7 Å². The first-order valence-corrected chi connectivity index (χ1v) is 12.5. The highest BCUT2D eigenvalue weighted by molar-refractivity contribution is 6.09. The van der Waals surface area contributed by atoms with E-state index in [0.29, 0.717) is 25.0 Å². The highest BCUT2D eigenvalue weighted by atomic mass is 16.5. The number of aryl methyl sites for hydroxylation is 1. The molecule has 2 fully saturated rings. The van der Waals surface area contributed by atoms with Crippen LogP contribution in [0.15, 0.2) is 69.3 Å². The molecule has 3 aromatic rings. The third kappa shape index (κ3) is 4.46. The van der Waals surface area contributed by atoms with Crippen LogP contribution in [0.4, 0.5) is 0 Å². The zero-order chi connectivity index (χ0) is 24.5. The zero-order valence-electron chi connectivity index (χ0n) is 20.4. The Bertz CT molecular complexity index is 1290. The van der Waals surface area contributed by atoms with Crippen molar-refractivity contribution >= 4 is 11.7 Å². The molecule has 0 radical (unpaired) electrons. The lowest BCUT2D eigenvalue weighted by atomic mass is 9.90. The molecule has 0 spiro atoms. The van der Waals surface area contributed by atoms with Gasteiger partial charge in [0.15, 0.2) is 5.84 Å². The summed E-state index contributed by atoms with van der Waals surface area (Å²) in [6, 6.07) is 9.95. The number of amidine groups is 2. The van der Waals surface area contributed by atoms with Crippen molar-refractivity contribution in [1.82, 2.24) is 25.1 Å². The van der Waals surface area contributed by atoms with Gasteiger partial charge in [0.1, 0.15) is 11.7 Å². The number of aliphatic imine (C=N–C) groups is 2. The summed E-state index contributed by atoms with van der Waals surface area (Å²) in [5.41, 5.74) is 2.98. The smallest absolute Gasteiger partial charge is 0.247 e. The molecule has 36 heavy (non-hydrogen) atoms. The van der Waals surface area contributed by atoms with Crippen molar-refractivity contribution < 1.29 is 9.15 Å². The van der Waals surface area contributed by atoms with Crippen molar-refractivity contribution in [2.24, 2.45) is 15.9 Å². The predicted molar refractivity (Wildman–Crippen MR) is 136 cm³/mol. The van der Waals surface area contributed by atoms with Gasteiger partial charge in [-0.25, -0.2) is 15.0 Å². The Hall–Kier alpha value is -3.72. The summed E-state index contributed by atoms with van der Waals surface area (Å²) < 4.78 is 11.2. The fourth-order valence-corrected chi connectivity index (χ4v) is 5.32. The molecule has 0 N–H and O–H groups in total. The van der Waals surface area contributed by atoms with Crippen LogP contribution >= 0.6 is 0 Å². The maximum Gasteiger partial charge on any atom is 0.247 e. The number of fused-ring (bicyclic) bond motifs is 1. The van der Waals surface area contributed by atoms with E-state index in [1.165, 1.54) is 0 Å². The average molecular weight is 484 g/mol. The van der Waals surface area contributed by atoms with Crippen molar-refractivity contribution in [3.05, 3.63) is 72.2 Å². The molecule has 1 saturated heterocycles. The number of benzene rings is 1. The first-order chi connectivity index (χ1) is 17.7. The molecule has 0 amide bonds. The first-order valence-electron chi connectivity index (χ1n) is 12.5. The van der Waals surface area contributed by atoms with Gasteiger partial charge in [-0.1, -0.05) is 24.3 Å². The van der Waals surface area contributed by atoms with E-state index in [9.17, 15) is 0 Å². The molecule has 1 aromatic carbocycles. The Morgan fingerprint density at radius 2 is 1.72 bits per heavy atom. The molecular formula is C27H29N7O2. The Kier molecular flexibility index (Phi) is 6.14. The van der Waals surface area contributed by atoms with Gasteiger partial charge in [0.05, 0.1) is 19.3 Å². The number of aromatic nitrogens is 4. The largest absolute Gasteiger partial charge is 0.421 e. The standard InChI is InChI=1S/C27H29N7O2/c1-17-16-23-22(9-8-21(17)25-28-10-3-11-29-25)26(34-12-14-35-15-13-34)31-24(30-23)19-4-6-20(7-5-19)27-33-32-18(2)36-27/h3-7,10-11,21-23H,1,8-9,12-16H2,2H3. The minimum absolute atomic E-state index is 0.0785. The minimum atomic E-state index is 0.0785. The molecule has 3 unspecified atom stereocenters. The van der Waals surface area contributed by atoms with Crippen molar-refractivity contribution in [2.75, 3.05) is 26.3 Å². The number of ether oxygens (including phenoxy) is 1. The Balaban J connectivity index is 1.33. The van der Waals surface area contributed by atoms with Crippen molar-refractivity contribution in [3.8, 4) is 11.5 Å². The van der Waals surface area contributed by atoms with Crippen LogP contribution in [-0.4, -0.2) is 69.1 Å². The quantitative estimate of drug-likeness (QED) is 0.522. The number of hydrogen-bond donors (Lipinski definition) is 0. The van der Waals surface area contributed by atoms with Crippen LogP contribution in [0.1, 0.15) is 42.5 Å². The summed E-state index contributed by atoms with van der Waals surface area (Å²) in [7, 11) is 0. The van der Waals surface area contributed by atoms with Gasteiger partial charge in [-0.2, -0.15) is 0 Å². The summed E-state index contributed by atoms with van der Waals surface area (Å²) in [6.45, 7) is 9.37. The summed E-state index contributed by atoms with van der Waals surface area (Å²) >= 11 is 0. The fraction of sp³-hybridized carbons (Fsp3) is 0.407. The lowest BCUT2D eigenvalue weighted by molar-refractivity contribution is 0.0653.